The number of hydrogen-bond donors (Lipinski definition) is 1. The van der Waals surface area contributed by atoms with Gasteiger partial charge in [-0.3, -0.25) is 9.59 Å². The predicted octanol–water partition coefficient (Wildman–Crippen LogP) is 1.67. The Morgan fingerprint density at radius 1 is 1.29 bits per heavy atom. The number of nitrogens with zero attached hydrogens (tertiary/aromatic N) is 1. The Morgan fingerprint density at radius 2 is 2.00 bits per heavy atom. The molecule has 0 aliphatic heterocycles. The molecule has 0 saturated heterocycles. The van der Waals surface area contributed by atoms with Crippen molar-refractivity contribution in [3.05, 3.63) is 29.8 Å². The third kappa shape index (κ3) is 4.91. The number of unbranched alkanes of at least 4 members (excludes halogenated alkanes) is 1. The van der Waals surface area contributed by atoms with Crippen LogP contribution in [0.5, 0.6) is 0 Å². The highest BCUT2D eigenvalue weighted by atomic mass is 16.5. The van der Waals surface area contributed by atoms with Gasteiger partial charge in [-0.15, -0.1) is 0 Å². The number of esters is 1. The van der Waals surface area contributed by atoms with Gasteiger partial charge in [0.15, 0.2) is 0 Å². The van der Waals surface area contributed by atoms with Crippen molar-refractivity contribution < 1.29 is 19.1 Å². The zero-order valence-corrected chi connectivity index (χ0v) is 12.5. The number of methoxy groups -OCH3 is 1. The summed E-state index contributed by atoms with van der Waals surface area (Å²) in [6.45, 7) is 2.54. The maximum absolute atomic E-state index is 11.9. The van der Waals surface area contributed by atoms with Crippen LogP contribution in [0.4, 0.5) is 5.69 Å². The molecule has 1 aromatic carbocycles. The van der Waals surface area contributed by atoms with Crippen LogP contribution in [-0.4, -0.2) is 43.4 Å². The minimum atomic E-state index is -0.726. The first kappa shape index (κ1) is 16.7. The molecule has 2 amide bonds. The highest BCUT2D eigenvalue weighted by Crippen LogP contribution is 2.11. The molecule has 0 aliphatic carbocycles. The van der Waals surface area contributed by atoms with Crippen molar-refractivity contribution in [2.24, 2.45) is 0 Å². The highest BCUT2D eigenvalue weighted by Gasteiger charge is 2.18. The summed E-state index contributed by atoms with van der Waals surface area (Å²) in [5, 5.41) is 2.48. The van der Waals surface area contributed by atoms with Gasteiger partial charge in [0, 0.05) is 19.3 Å². The number of likely N-dealkylation sites (N-methyl/N-ethyl adjacent to an activating group) is 1. The minimum absolute atomic E-state index is 0.307. The Bertz CT molecular complexity index is 528. The molecular formula is C15H20N2O4. The summed E-state index contributed by atoms with van der Waals surface area (Å²) in [6, 6.07) is 6.23. The van der Waals surface area contributed by atoms with Gasteiger partial charge in [0.1, 0.15) is 0 Å². The van der Waals surface area contributed by atoms with Crippen LogP contribution in [0.1, 0.15) is 30.1 Å². The Balaban J connectivity index is 2.70. The molecule has 0 aliphatic rings. The van der Waals surface area contributed by atoms with Crippen molar-refractivity contribution in [2.75, 3.05) is 26.0 Å². The molecule has 0 unspecified atom stereocenters. The van der Waals surface area contributed by atoms with E-state index in [1.165, 1.54) is 18.1 Å². The van der Waals surface area contributed by atoms with Crippen LogP contribution in [0, 0.1) is 0 Å². The molecule has 0 aromatic heterocycles. The summed E-state index contributed by atoms with van der Waals surface area (Å²) >= 11 is 0. The molecule has 0 atom stereocenters. The molecule has 1 rings (SSSR count). The second-order valence-corrected chi connectivity index (χ2v) is 4.61. The van der Waals surface area contributed by atoms with Crippen LogP contribution in [0.3, 0.4) is 0 Å². The number of nitrogens with one attached hydrogen (secondary N) is 1. The number of carbonyl (C=O) groups is 3. The Kier molecular flexibility index (Phi) is 6.39. The first-order valence-corrected chi connectivity index (χ1v) is 6.74. The fourth-order valence-electron chi connectivity index (χ4n) is 1.70. The largest absolute Gasteiger partial charge is 0.465 e. The Labute approximate surface area is 124 Å². The number of amides is 2. The van der Waals surface area contributed by atoms with Crippen LogP contribution >= 0.6 is 0 Å². The van der Waals surface area contributed by atoms with E-state index in [-0.39, 0.29) is 0 Å². The second-order valence-electron chi connectivity index (χ2n) is 4.61. The van der Waals surface area contributed by atoms with E-state index in [1.54, 1.807) is 25.2 Å². The van der Waals surface area contributed by atoms with Crippen molar-refractivity contribution in [3.8, 4) is 0 Å². The average Bonchev–Trinajstić information content (AvgIpc) is 2.51. The van der Waals surface area contributed by atoms with E-state index in [0.717, 1.165) is 12.8 Å². The van der Waals surface area contributed by atoms with E-state index >= 15 is 0 Å². The number of anilines is 1. The first-order valence-electron chi connectivity index (χ1n) is 6.74. The van der Waals surface area contributed by atoms with Gasteiger partial charge in [-0.25, -0.2) is 4.79 Å². The zero-order chi connectivity index (χ0) is 15.8. The van der Waals surface area contributed by atoms with E-state index < -0.39 is 17.8 Å². The van der Waals surface area contributed by atoms with Gasteiger partial charge in [-0.05, 0) is 24.6 Å². The van der Waals surface area contributed by atoms with Crippen LogP contribution in [0.2, 0.25) is 0 Å². The standard InChI is InChI=1S/C15H20N2O4/c1-4-5-9-17(2)14(19)13(18)16-12-8-6-7-11(10-12)15(20)21-3/h6-8,10H,4-5,9H2,1-3H3,(H,16,18). The van der Waals surface area contributed by atoms with Crippen LogP contribution in [0.25, 0.3) is 0 Å². The molecule has 6 nitrogen and oxygen atoms in total. The number of benzene rings is 1. The fraction of sp³-hybridized carbons (Fsp3) is 0.400. The lowest BCUT2D eigenvalue weighted by Gasteiger charge is -2.16. The summed E-state index contributed by atoms with van der Waals surface area (Å²) in [7, 11) is 2.86. The summed E-state index contributed by atoms with van der Waals surface area (Å²) in [4.78, 5) is 36.5. The van der Waals surface area contributed by atoms with E-state index in [2.05, 4.69) is 10.1 Å². The van der Waals surface area contributed by atoms with Crippen molar-refractivity contribution >= 4 is 23.5 Å². The van der Waals surface area contributed by atoms with E-state index in [9.17, 15) is 14.4 Å². The summed E-state index contributed by atoms with van der Waals surface area (Å²) < 4.78 is 4.60. The summed E-state index contributed by atoms with van der Waals surface area (Å²) in [5.74, 6) is -1.83. The molecule has 6 heteroatoms. The minimum Gasteiger partial charge on any atom is -0.465 e. The van der Waals surface area contributed by atoms with Gasteiger partial charge < -0.3 is 15.0 Å². The molecule has 0 saturated carbocycles. The molecule has 0 radical (unpaired) electrons. The average molecular weight is 292 g/mol. The number of ether oxygens (including phenoxy) is 1. The number of carbonyl (C=O) groups excluding carboxylic acids is 3. The third-order valence-corrected chi connectivity index (χ3v) is 2.93. The van der Waals surface area contributed by atoms with Gasteiger partial charge in [-0.1, -0.05) is 19.4 Å². The van der Waals surface area contributed by atoms with E-state index in [4.69, 9.17) is 0 Å². The SMILES string of the molecule is CCCCN(C)C(=O)C(=O)Nc1cccc(C(=O)OC)c1. The highest BCUT2D eigenvalue weighted by molar-refractivity contribution is 6.39. The van der Waals surface area contributed by atoms with Crippen LogP contribution in [-0.2, 0) is 14.3 Å². The molecule has 0 bridgehead atoms. The molecule has 0 heterocycles. The maximum Gasteiger partial charge on any atom is 0.337 e. The normalized spacial score (nSPS) is 9.86. The lowest BCUT2D eigenvalue weighted by molar-refractivity contribution is -0.142. The lowest BCUT2D eigenvalue weighted by Crippen LogP contribution is -2.37. The molecule has 21 heavy (non-hydrogen) atoms. The molecule has 0 fully saturated rings. The van der Waals surface area contributed by atoms with E-state index in [0.29, 0.717) is 17.8 Å². The summed E-state index contributed by atoms with van der Waals surface area (Å²) in [6.07, 6.45) is 1.79. The quantitative estimate of drug-likeness (QED) is 0.661. The third-order valence-electron chi connectivity index (χ3n) is 2.93. The lowest BCUT2D eigenvalue weighted by atomic mass is 10.2. The van der Waals surface area contributed by atoms with Crippen molar-refractivity contribution in [2.45, 2.75) is 19.8 Å². The summed E-state index contributed by atoms with van der Waals surface area (Å²) in [5.41, 5.74) is 0.683. The van der Waals surface area contributed by atoms with Crippen LogP contribution in [0.15, 0.2) is 24.3 Å². The monoisotopic (exact) mass is 292 g/mol. The van der Waals surface area contributed by atoms with Gasteiger partial charge in [-0.2, -0.15) is 0 Å². The van der Waals surface area contributed by atoms with Crippen molar-refractivity contribution in [1.29, 1.82) is 0 Å². The molecular weight excluding hydrogens is 272 g/mol. The number of hydrogen-bond acceptors (Lipinski definition) is 4. The van der Waals surface area contributed by atoms with Gasteiger partial charge in [0.05, 0.1) is 12.7 Å². The zero-order valence-electron chi connectivity index (χ0n) is 12.5. The van der Waals surface area contributed by atoms with Crippen LogP contribution < -0.4 is 5.32 Å². The first-order chi connectivity index (χ1) is 9.99. The van der Waals surface area contributed by atoms with Crippen molar-refractivity contribution in [1.82, 2.24) is 4.90 Å². The molecule has 1 N–H and O–H groups in total. The van der Waals surface area contributed by atoms with Gasteiger partial charge in [0.25, 0.3) is 0 Å². The molecule has 1 aromatic rings. The maximum atomic E-state index is 11.9. The smallest absolute Gasteiger partial charge is 0.337 e. The Hall–Kier alpha value is -2.37. The second kappa shape index (κ2) is 8.04. The topological polar surface area (TPSA) is 75.7 Å². The fourth-order valence-corrected chi connectivity index (χ4v) is 1.70. The number of rotatable bonds is 5. The Morgan fingerprint density at radius 3 is 2.62 bits per heavy atom. The van der Waals surface area contributed by atoms with Crippen molar-refractivity contribution in [3.63, 3.8) is 0 Å². The van der Waals surface area contributed by atoms with Gasteiger partial charge in [0.2, 0.25) is 0 Å². The van der Waals surface area contributed by atoms with Gasteiger partial charge >= 0.3 is 17.8 Å². The molecule has 114 valence electrons. The van der Waals surface area contributed by atoms with E-state index in [1.807, 2.05) is 6.92 Å². The molecule has 0 spiro atoms. The predicted molar refractivity (Wildman–Crippen MR) is 79.0 cm³/mol.